The SMILES string of the molecule is O=C(O)c1cc(SCc2ccccc2F)ccc1Cl. The van der Waals surface area contributed by atoms with Gasteiger partial charge in [-0.2, -0.15) is 0 Å². The fraction of sp³-hybridized carbons (Fsp3) is 0.0714. The van der Waals surface area contributed by atoms with E-state index in [2.05, 4.69) is 0 Å². The normalized spacial score (nSPS) is 10.4. The predicted octanol–water partition coefficient (Wildman–Crippen LogP) is 4.47. The first-order valence-electron chi connectivity index (χ1n) is 5.47. The molecule has 98 valence electrons. The zero-order chi connectivity index (χ0) is 13.8. The van der Waals surface area contributed by atoms with Crippen molar-refractivity contribution in [2.24, 2.45) is 0 Å². The van der Waals surface area contributed by atoms with Crippen LogP contribution in [0.1, 0.15) is 15.9 Å². The molecule has 0 spiro atoms. The molecule has 0 aliphatic rings. The minimum Gasteiger partial charge on any atom is -0.478 e. The smallest absolute Gasteiger partial charge is 0.337 e. The van der Waals surface area contributed by atoms with E-state index in [1.54, 1.807) is 24.3 Å². The first-order valence-corrected chi connectivity index (χ1v) is 6.83. The molecule has 2 nitrogen and oxygen atoms in total. The molecule has 0 aliphatic heterocycles. The van der Waals surface area contributed by atoms with Crippen LogP contribution in [0.5, 0.6) is 0 Å². The number of hydrogen-bond acceptors (Lipinski definition) is 2. The molecule has 0 bridgehead atoms. The predicted molar refractivity (Wildman–Crippen MR) is 74.4 cm³/mol. The molecule has 2 rings (SSSR count). The summed E-state index contributed by atoms with van der Waals surface area (Å²) in [5, 5.41) is 9.16. The van der Waals surface area contributed by atoms with E-state index in [-0.39, 0.29) is 16.4 Å². The van der Waals surface area contributed by atoms with Crippen molar-refractivity contribution in [2.45, 2.75) is 10.6 Å². The van der Waals surface area contributed by atoms with Crippen LogP contribution in [-0.2, 0) is 5.75 Å². The van der Waals surface area contributed by atoms with E-state index >= 15 is 0 Å². The molecule has 2 aromatic rings. The van der Waals surface area contributed by atoms with E-state index in [9.17, 15) is 9.18 Å². The highest BCUT2D eigenvalue weighted by atomic mass is 35.5. The van der Waals surface area contributed by atoms with Crippen molar-refractivity contribution in [3.8, 4) is 0 Å². The van der Waals surface area contributed by atoms with Crippen molar-refractivity contribution in [2.75, 3.05) is 0 Å². The first kappa shape index (κ1) is 13.9. The highest BCUT2D eigenvalue weighted by Gasteiger charge is 2.10. The summed E-state index contributed by atoms with van der Waals surface area (Å²) in [4.78, 5) is 11.7. The maximum atomic E-state index is 13.4. The average molecular weight is 297 g/mol. The van der Waals surface area contributed by atoms with Crippen molar-refractivity contribution in [1.29, 1.82) is 0 Å². The van der Waals surface area contributed by atoms with Gasteiger partial charge in [-0.15, -0.1) is 11.8 Å². The Morgan fingerprint density at radius 3 is 2.68 bits per heavy atom. The first-order chi connectivity index (χ1) is 9.08. The summed E-state index contributed by atoms with van der Waals surface area (Å²) in [6, 6.07) is 11.3. The molecule has 0 saturated heterocycles. The van der Waals surface area contributed by atoms with Crippen LogP contribution in [0, 0.1) is 5.82 Å². The van der Waals surface area contributed by atoms with Gasteiger partial charge in [0.05, 0.1) is 10.6 Å². The molecule has 2 aromatic carbocycles. The fourth-order valence-electron chi connectivity index (χ4n) is 1.53. The molecular formula is C14H10ClFO2S. The number of aromatic carboxylic acids is 1. The summed E-state index contributed by atoms with van der Waals surface area (Å²) in [5.74, 6) is -0.895. The molecule has 0 atom stereocenters. The maximum Gasteiger partial charge on any atom is 0.337 e. The molecule has 0 unspecified atom stereocenters. The number of halogens is 2. The van der Waals surface area contributed by atoms with Crippen molar-refractivity contribution in [3.05, 3.63) is 64.4 Å². The number of benzene rings is 2. The van der Waals surface area contributed by atoms with Gasteiger partial charge in [0.15, 0.2) is 0 Å². The minimum atomic E-state index is -1.07. The third kappa shape index (κ3) is 3.49. The van der Waals surface area contributed by atoms with Crippen molar-refractivity contribution >= 4 is 29.3 Å². The third-order valence-electron chi connectivity index (χ3n) is 2.52. The average Bonchev–Trinajstić information content (AvgIpc) is 2.39. The zero-order valence-corrected chi connectivity index (χ0v) is 11.3. The van der Waals surface area contributed by atoms with E-state index in [1.165, 1.54) is 30.0 Å². The lowest BCUT2D eigenvalue weighted by Crippen LogP contribution is -1.97. The van der Waals surface area contributed by atoms with Gasteiger partial charge >= 0.3 is 5.97 Å². The molecule has 5 heteroatoms. The van der Waals surface area contributed by atoms with Crippen LogP contribution in [0.2, 0.25) is 5.02 Å². The monoisotopic (exact) mass is 296 g/mol. The molecule has 0 radical (unpaired) electrons. The van der Waals surface area contributed by atoms with Crippen LogP contribution in [0.3, 0.4) is 0 Å². The van der Waals surface area contributed by atoms with E-state index in [0.29, 0.717) is 11.3 Å². The fourth-order valence-corrected chi connectivity index (χ4v) is 2.65. The van der Waals surface area contributed by atoms with Crippen LogP contribution in [0.25, 0.3) is 0 Å². The number of carboxylic acid groups (broad SMARTS) is 1. The highest BCUT2D eigenvalue weighted by molar-refractivity contribution is 7.98. The molecule has 0 aromatic heterocycles. The highest BCUT2D eigenvalue weighted by Crippen LogP contribution is 2.27. The Bertz CT molecular complexity index is 616. The molecule has 0 saturated carbocycles. The minimum absolute atomic E-state index is 0.0557. The second kappa shape index (κ2) is 6.08. The van der Waals surface area contributed by atoms with Gasteiger partial charge in [-0.25, -0.2) is 9.18 Å². The van der Waals surface area contributed by atoms with E-state index in [4.69, 9.17) is 16.7 Å². The van der Waals surface area contributed by atoms with Crippen molar-refractivity contribution < 1.29 is 14.3 Å². The number of rotatable bonds is 4. The summed E-state index contributed by atoms with van der Waals surface area (Å²) in [7, 11) is 0. The van der Waals surface area contributed by atoms with Gasteiger partial charge in [0, 0.05) is 10.6 Å². The molecule has 0 heterocycles. The van der Waals surface area contributed by atoms with Gasteiger partial charge in [-0.1, -0.05) is 29.8 Å². The van der Waals surface area contributed by atoms with Gasteiger partial charge in [-0.05, 0) is 29.8 Å². The lowest BCUT2D eigenvalue weighted by molar-refractivity contribution is 0.0697. The Kier molecular flexibility index (Phi) is 4.45. The molecule has 1 N–H and O–H groups in total. The molecule has 19 heavy (non-hydrogen) atoms. The third-order valence-corrected chi connectivity index (χ3v) is 3.89. The van der Waals surface area contributed by atoms with Crippen LogP contribution in [0.4, 0.5) is 4.39 Å². The number of carbonyl (C=O) groups is 1. The van der Waals surface area contributed by atoms with Crippen LogP contribution < -0.4 is 0 Å². The Hall–Kier alpha value is -1.52. The molecule has 0 amide bonds. The van der Waals surface area contributed by atoms with Crippen LogP contribution in [-0.4, -0.2) is 11.1 Å². The number of carboxylic acids is 1. The van der Waals surface area contributed by atoms with E-state index in [0.717, 1.165) is 4.90 Å². The summed E-state index contributed by atoms with van der Waals surface area (Å²) >= 11 is 7.15. The molecule has 0 aliphatic carbocycles. The largest absolute Gasteiger partial charge is 0.478 e. The molecule has 0 fully saturated rings. The second-order valence-corrected chi connectivity index (χ2v) is 5.28. The summed E-state index contributed by atoms with van der Waals surface area (Å²) < 4.78 is 13.4. The Labute approximate surface area is 119 Å². The van der Waals surface area contributed by atoms with Gasteiger partial charge in [0.25, 0.3) is 0 Å². The Morgan fingerprint density at radius 1 is 1.26 bits per heavy atom. The summed E-state index contributed by atoms with van der Waals surface area (Å²) in [6.45, 7) is 0. The van der Waals surface area contributed by atoms with Gasteiger partial charge in [0.2, 0.25) is 0 Å². The Morgan fingerprint density at radius 2 is 2.00 bits per heavy atom. The maximum absolute atomic E-state index is 13.4. The second-order valence-electron chi connectivity index (χ2n) is 3.83. The topological polar surface area (TPSA) is 37.3 Å². The number of thioether (sulfide) groups is 1. The summed E-state index contributed by atoms with van der Waals surface area (Å²) in [5.41, 5.74) is 0.638. The van der Waals surface area contributed by atoms with Crippen molar-refractivity contribution in [3.63, 3.8) is 0 Å². The lowest BCUT2D eigenvalue weighted by Gasteiger charge is -2.05. The van der Waals surface area contributed by atoms with E-state index < -0.39 is 5.97 Å². The van der Waals surface area contributed by atoms with Gasteiger partial charge < -0.3 is 5.11 Å². The van der Waals surface area contributed by atoms with E-state index in [1.807, 2.05) is 0 Å². The Balaban J connectivity index is 2.14. The van der Waals surface area contributed by atoms with Gasteiger partial charge in [0.1, 0.15) is 5.82 Å². The van der Waals surface area contributed by atoms with Gasteiger partial charge in [-0.3, -0.25) is 0 Å². The number of hydrogen-bond donors (Lipinski definition) is 1. The zero-order valence-electron chi connectivity index (χ0n) is 9.77. The van der Waals surface area contributed by atoms with Crippen LogP contribution >= 0.6 is 23.4 Å². The van der Waals surface area contributed by atoms with Crippen molar-refractivity contribution in [1.82, 2.24) is 0 Å². The quantitative estimate of drug-likeness (QED) is 0.846. The van der Waals surface area contributed by atoms with Crippen LogP contribution in [0.15, 0.2) is 47.4 Å². The lowest BCUT2D eigenvalue weighted by atomic mass is 10.2. The molecular weight excluding hydrogens is 287 g/mol. The standard InChI is InChI=1S/C14H10ClFO2S/c15-12-6-5-10(7-11(12)14(17)18)19-8-9-3-1-2-4-13(9)16/h1-7H,8H2,(H,17,18). The summed E-state index contributed by atoms with van der Waals surface area (Å²) in [6.07, 6.45) is 0.